The number of hydrogen-bond donors (Lipinski definition) is 1. The van der Waals surface area contributed by atoms with E-state index in [0.717, 1.165) is 5.56 Å². The van der Waals surface area contributed by atoms with Crippen molar-refractivity contribution < 1.29 is 13.2 Å². The molecule has 2 rings (SSSR count). The molecule has 100 valence electrons. The van der Waals surface area contributed by atoms with Gasteiger partial charge in [0.25, 0.3) is 0 Å². The number of hydrogen-bond acceptors (Lipinski definition) is 3. The van der Waals surface area contributed by atoms with Crippen LogP contribution in [-0.4, -0.2) is 39.0 Å². The van der Waals surface area contributed by atoms with Gasteiger partial charge in [0.2, 0.25) is 0 Å². The van der Waals surface area contributed by atoms with Crippen LogP contribution in [0.1, 0.15) is 5.56 Å². The van der Waals surface area contributed by atoms with Gasteiger partial charge >= 0.3 is 10.2 Å². The second kappa shape index (κ2) is 5.88. The van der Waals surface area contributed by atoms with E-state index in [1.54, 1.807) is 18.2 Å². The van der Waals surface area contributed by atoms with Gasteiger partial charge in [0.05, 0.1) is 18.9 Å². The van der Waals surface area contributed by atoms with Crippen molar-refractivity contribution in [1.29, 1.82) is 0 Å². The Balaban J connectivity index is 2.16. The number of nitrogens with one attached hydrogen (secondary N) is 1. The highest BCUT2D eigenvalue weighted by Crippen LogP contribution is 2.19. The highest BCUT2D eigenvalue weighted by Gasteiger charge is 2.24. The van der Waals surface area contributed by atoms with Gasteiger partial charge in [0.15, 0.2) is 0 Å². The van der Waals surface area contributed by atoms with Crippen molar-refractivity contribution in [1.82, 2.24) is 4.31 Å². The van der Waals surface area contributed by atoms with Gasteiger partial charge in [0, 0.05) is 19.0 Å². The van der Waals surface area contributed by atoms with Gasteiger partial charge in [-0.15, -0.1) is 11.6 Å². The lowest BCUT2D eigenvalue weighted by molar-refractivity contribution is 0.0733. The zero-order valence-electron chi connectivity index (χ0n) is 9.80. The van der Waals surface area contributed by atoms with Crippen LogP contribution in [-0.2, 0) is 20.8 Å². The Morgan fingerprint density at radius 1 is 1.28 bits per heavy atom. The molecule has 1 aliphatic rings. The van der Waals surface area contributed by atoms with Crippen LogP contribution in [0.4, 0.5) is 5.69 Å². The number of morpholine rings is 1. The first-order valence-corrected chi connectivity index (χ1v) is 7.60. The van der Waals surface area contributed by atoms with Gasteiger partial charge in [-0.2, -0.15) is 12.7 Å². The van der Waals surface area contributed by atoms with Gasteiger partial charge in [-0.1, -0.05) is 18.2 Å². The third kappa shape index (κ3) is 3.14. The summed E-state index contributed by atoms with van der Waals surface area (Å²) in [4.78, 5) is 0. The zero-order chi connectivity index (χ0) is 13.0. The maximum atomic E-state index is 12.1. The molecule has 1 aromatic carbocycles. The minimum absolute atomic E-state index is 0.266. The van der Waals surface area contributed by atoms with Gasteiger partial charge in [-0.05, 0) is 11.6 Å². The molecule has 0 bridgehead atoms. The summed E-state index contributed by atoms with van der Waals surface area (Å²) in [5, 5.41) is 0. The van der Waals surface area contributed by atoms with E-state index in [9.17, 15) is 8.42 Å². The molecule has 18 heavy (non-hydrogen) atoms. The van der Waals surface area contributed by atoms with Crippen molar-refractivity contribution in [3.05, 3.63) is 29.8 Å². The summed E-state index contributed by atoms with van der Waals surface area (Å²) < 4.78 is 33.4. The molecule has 7 heteroatoms. The average molecular weight is 291 g/mol. The summed E-state index contributed by atoms with van der Waals surface area (Å²) in [6.45, 7) is 1.60. The van der Waals surface area contributed by atoms with E-state index in [4.69, 9.17) is 16.3 Å². The van der Waals surface area contributed by atoms with Crippen LogP contribution in [0.15, 0.2) is 24.3 Å². The molecule has 0 unspecified atom stereocenters. The van der Waals surface area contributed by atoms with E-state index in [1.165, 1.54) is 4.31 Å². The Morgan fingerprint density at radius 3 is 2.61 bits per heavy atom. The Hall–Kier alpha value is -0.820. The van der Waals surface area contributed by atoms with E-state index in [-0.39, 0.29) is 5.88 Å². The average Bonchev–Trinajstić information content (AvgIpc) is 2.40. The normalized spacial score (nSPS) is 17.6. The molecule has 1 fully saturated rings. The van der Waals surface area contributed by atoms with Crippen LogP contribution >= 0.6 is 11.6 Å². The van der Waals surface area contributed by atoms with Gasteiger partial charge in [0.1, 0.15) is 0 Å². The van der Waals surface area contributed by atoms with Crippen LogP contribution in [0, 0.1) is 0 Å². The molecule has 5 nitrogen and oxygen atoms in total. The second-order valence-corrected chi connectivity index (χ2v) is 5.85. The van der Waals surface area contributed by atoms with Crippen LogP contribution in [0.25, 0.3) is 0 Å². The lowest BCUT2D eigenvalue weighted by Crippen LogP contribution is -2.43. The summed E-state index contributed by atoms with van der Waals surface area (Å²) in [5.41, 5.74) is 1.29. The van der Waals surface area contributed by atoms with Crippen LogP contribution < -0.4 is 4.72 Å². The van der Waals surface area contributed by atoms with Crippen molar-refractivity contribution in [3.8, 4) is 0 Å². The first kappa shape index (κ1) is 13.6. The smallest absolute Gasteiger partial charge is 0.301 e. The number of alkyl halides is 1. The number of benzene rings is 1. The number of ether oxygens (including phenoxy) is 1. The number of rotatable bonds is 4. The standard InChI is InChI=1S/C11H15ClN2O3S/c12-9-10-3-1-2-4-11(10)13-18(15,16)14-5-7-17-8-6-14/h1-4,13H,5-9H2. The largest absolute Gasteiger partial charge is 0.379 e. The second-order valence-electron chi connectivity index (χ2n) is 3.91. The molecule has 1 heterocycles. The Morgan fingerprint density at radius 2 is 1.94 bits per heavy atom. The van der Waals surface area contributed by atoms with E-state index in [1.807, 2.05) is 6.07 Å². The maximum Gasteiger partial charge on any atom is 0.301 e. The van der Waals surface area contributed by atoms with Crippen molar-refractivity contribution >= 4 is 27.5 Å². The van der Waals surface area contributed by atoms with E-state index >= 15 is 0 Å². The molecule has 1 N–H and O–H groups in total. The van der Waals surface area contributed by atoms with Gasteiger partial charge in [-0.25, -0.2) is 0 Å². The zero-order valence-corrected chi connectivity index (χ0v) is 11.4. The SMILES string of the molecule is O=S(=O)(Nc1ccccc1CCl)N1CCOCC1. The molecule has 0 aliphatic carbocycles. The predicted molar refractivity (Wildman–Crippen MR) is 70.9 cm³/mol. The number of anilines is 1. The molecular weight excluding hydrogens is 276 g/mol. The number of nitrogens with zero attached hydrogens (tertiary/aromatic N) is 1. The molecule has 0 amide bonds. The molecule has 1 saturated heterocycles. The highest BCUT2D eigenvalue weighted by atomic mass is 35.5. The summed E-state index contributed by atoms with van der Waals surface area (Å²) >= 11 is 5.78. The lowest BCUT2D eigenvalue weighted by Gasteiger charge is -2.26. The van der Waals surface area contributed by atoms with Crippen LogP contribution in [0.2, 0.25) is 0 Å². The highest BCUT2D eigenvalue weighted by molar-refractivity contribution is 7.90. The summed E-state index contributed by atoms with van der Waals surface area (Å²) in [6.07, 6.45) is 0. The number of para-hydroxylation sites is 1. The lowest BCUT2D eigenvalue weighted by atomic mass is 10.2. The molecule has 0 atom stereocenters. The monoisotopic (exact) mass is 290 g/mol. The van der Waals surface area contributed by atoms with Crippen LogP contribution in [0.3, 0.4) is 0 Å². The van der Waals surface area contributed by atoms with Gasteiger partial charge in [-0.3, -0.25) is 4.72 Å². The third-order valence-corrected chi connectivity index (χ3v) is 4.52. The quantitative estimate of drug-likeness (QED) is 0.853. The number of halogens is 1. The minimum Gasteiger partial charge on any atom is -0.379 e. The van der Waals surface area contributed by atoms with Crippen LogP contribution in [0.5, 0.6) is 0 Å². The molecule has 1 aromatic rings. The summed E-state index contributed by atoms with van der Waals surface area (Å²) in [7, 11) is -3.52. The molecule has 0 saturated carbocycles. The van der Waals surface area contributed by atoms with Crippen molar-refractivity contribution in [3.63, 3.8) is 0 Å². The molecule has 0 spiro atoms. The Kier molecular flexibility index (Phi) is 4.45. The first-order valence-electron chi connectivity index (χ1n) is 5.63. The fraction of sp³-hybridized carbons (Fsp3) is 0.455. The fourth-order valence-electron chi connectivity index (χ4n) is 1.73. The fourth-order valence-corrected chi connectivity index (χ4v) is 3.20. The van der Waals surface area contributed by atoms with Crippen molar-refractivity contribution in [2.45, 2.75) is 5.88 Å². The Labute approximate surface area is 112 Å². The molecule has 0 aromatic heterocycles. The summed E-state index contributed by atoms with van der Waals surface area (Å²) in [6, 6.07) is 7.09. The van der Waals surface area contributed by atoms with E-state index < -0.39 is 10.2 Å². The minimum atomic E-state index is -3.52. The van der Waals surface area contributed by atoms with Gasteiger partial charge < -0.3 is 4.74 Å². The topological polar surface area (TPSA) is 58.6 Å². The van der Waals surface area contributed by atoms with Crippen molar-refractivity contribution in [2.75, 3.05) is 31.0 Å². The Bertz CT molecular complexity index is 501. The summed E-state index contributed by atoms with van der Waals surface area (Å²) in [5.74, 6) is 0.266. The predicted octanol–water partition coefficient (Wildman–Crippen LogP) is 1.41. The van der Waals surface area contributed by atoms with E-state index in [0.29, 0.717) is 32.0 Å². The van der Waals surface area contributed by atoms with E-state index in [2.05, 4.69) is 4.72 Å². The van der Waals surface area contributed by atoms with Crippen molar-refractivity contribution in [2.24, 2.45) is 0 Å². The third-order valence-electron chi connectivity index (χ3n) is 2.71. The first-order chi connectivity index (χ1) is 8.63. The maximum absolute atomic E-state index is 12.1. The molecule has 1 aliphatic heterocycles. The molecule has 0 radical (unpaired) electrons. The molecular formula is C11H15ClN2O3S.